The summed E-state index contributed by atoms with van der Waals surface area (Å²) in [7, 11) is 0. The number of rotatable bonds is 5. The molecular weight excluding hydrogens is 178 g/mol. The second kappa shape index (κ2) is 5.15. The lowest BCUT2D eigenvalue weighted by molar-refractivity contribution is -0.123. The molecule has 0 aromatic carbocycles. The van der Waals surface area contributed by atoms with E-state index in [0.717, 1.165) is 25.7 Å². The second-order valence-corrected chi connectivity index (χ2v) is 4.02. The third-order valence-corrected chi connectivity index (χ3v) is 2.84. The molecule has 3 heteroatoms. The topological polar surface area (TPSA) is 49.3 Å². The van der Waals surface area contributed by atoms with Crippen molar-refractivity contribution in [2.45, 2.75) is 44.1 Å². The first-order valence-electron chi connectivity index (χ1n) is 5.25. The van der Waals surface area contributed by atoms with E-state index < -0.39 is 0 Å². The second-order valence-electron chi connectivity index (χ2n) is 4.02. The lowest BCUT2D eigenvalue weighted by Crippen LogP contribution is -2.49. The first-order valence-corrected chi connectivity index (χ1v) is 5.25. The number of hydrogen-bond acceptors (Lipinski definition) is 2. The molecule has 80 valence electrons. The summed E-state index contributed by atoms with van der Waals surface area (Å²) in [6.07, 6.45) is 6.93. The van der Waals surface area contributed by atoms with E-state index in [1.807, 2.05) is 0 Å². The molecule has 3 nitrogen and oxygen atoms in total. The van der Waals surface area contributed by atoms with Gasteiger partial charge < -0.3 is 10.4 Å². The number of aliphatic hydroxyl groups excluding tert-OH is 1. The summed E-state index contributed by atoms with van der Waals surface area (Å²) in [5.41, 5.74) is -0.321. The van der Waals surface area contributed by atoms with Crippen LogP contribution in [-0.2, 0) is 4.79 Å². The van der Waals surface area contributed by atoms with Gasteiger partial charge in [0.15, 0.2) is 0 Å². The van der Waals surface area contributed by atoms with E-state index in [-0.39, 0.29) is 18.1 Å². The molecule has 0 spiro atoms. The van der Waals surface area contributed by atoms with Crippen LogP contribution in [0.1, 0.15) is 38.5 Å². The largest absolute Gasteiger partial charge is 0.394 e. The van der Waals surface area contributed by atoms with E-state index >= 15 is 0 Å². The maximum Gasteiger partial charge on any atom is 0.220 e. The zero-order valence-electron chi connectivity index (χ0n) is 8.59. The Bertz CT molecular complexity index is 207. The van der Waals surface area contributed by atoms with Crippen LogP contribution in [0.15, 0.2) is 12.7 Å². The molecule has 1 aliphatic carbocycles. The smallest absolute Gasteiger partial charge is 0.220 e. The van der Waals surface area contributed by atoms with Crippen LogP contribution in [0.25, 0.3) is 0 Å². The van der Waals surface area contributed by atoms with E-state index in [1.54, 1.807) is 6.08 Å². The van der Waals surface area contributed by atoms with Gasteiger partial charge in [0.25, 0.3) is 0 Å². The van der Waals surface area contributed by atoms with Crippen LogP contribution in [0.3, 0.4) is 0 Å². The van der Waals surface area contributed by atoms with E-state index in [0.29, 0.717) is 12.8 Å². The first kappa shape index (κ1) is 11.2. The fourth-order valence-corrected chi connectivity index (χ4v) is 1.97. The number of allylic oxidation sites excluding steroid dienone is 1. The maximum absolute atomic E-state index is 11.5. The summed E-state index contributed by atoms with van der Waals surface area (Å²) in [4.78, 5) is 11.5. The molecule has 0 heterocycles. The van der Waals surface area contributed by atoms with E-state index in [1.165, 1.54) is 0 Å². The molecule has 0 aliphatic heterocycles. The summed E-state index contributed by atoms with van der Waals surface area (Å²) in [6.45, 7) is 3.63. The van der Waals surface area contributed by atoms with Crippen molar-refractivity contribution < 1.29 is 9.90 Å². The molecule has 0 unspecified atom stereocenters. The number of carbonyl (C=O) groups excluding carboxylic acids is 1. The average Bonchev–Trinajstić information content (AvgIpc) is 2.64. The summed E-state index contributed by atoms with van der Waals surface area (Å²) in [5, 5.41) is 12.2. The van der Waals surface area contributed by atoms with Crippen molar-refractivity contribution in [2.75, 3.05) is 6.61 Å². The van der Waals surface area contributed by atoms with Gasteiger partial charge in [-0.1, -0.05) is 18.9 Å². The molecule has 1 saturated carbocycles. The molecule has 2 N–H and O–H groups in total. The fourth-order valence-electron chi connectivity index (χ4n) is 1.97. The maximum atomic E-state index is 11.5. The summed E-state index contributed by atoms with van der Waals surface area (Å²) < 4.78 is 0. The third-order valence-electron chi connectivity index (χ3n) is 2.84. The molecule has 0 bridgehead atoms. The quantitative estimate of drug-likeness (QED) is 0.654. The van der Waals surface area contributed by atoms with Gasteiger partial charge in [-0.2, -0.15) is 0 Å². The van der Waals surface area contributed by atoms with Crippen LogP contribution in [0.4, 0.5) is 0 Å². The van der Waals surface area contributed by atoms with Crippen LogP contribution in [0, 0.1) is 0 Å². The Kier molecular flexibility index (Phi) is 4.14. The molecule has 1 rings (SSSR count). The van der Waals surface area contributed by atoms with Gasteiger partial charge in [0, 0.05) is 6.42 Å². The minimum absolute atomic E-state index is 0.0286. The van der Waals surface area contributed by atoms with E-state index in [9.17, 15) is 9.90 Å². The number of nitrogens with one attached hydrogen (secondary N) is 1. The van der Waals surface area contributed by atoms with Gasteiger partial charge >= 0.3 is 0 Å². The summed E-state index contributed by atoms with van der Waals surface area (Å²) >= 11 is 0. The highest BCUT2D eigenvalue weighted by molar-refractivity contribution is 5.77. The van der Waals surface area contributed by atoms with Gasteiger partial charge in [0.05, 0.1) is 12.1 Å². The highest BCUT2D eigenvalue weighted by Crippen LogP contribution is 2.29. The fraction of sp³-hybridized carbons (Fsp3) is 0.727. The van der Waals surface area contributed by atoms with E-state index in [2.05, 4.69) is 11.9 Å². The molecule has 0 aromatic rings. The van der Waals surface area contributed by atoms with Crippen molar-refractivity contribution in [3.63, 3.8) is 0 Å². The Labute approximate surface area is 85.2 Å². The lowest BCUT2D eigenvalue weighted by Gasteiger charge is -2.27. The van der Waals surface area contributed by atoms with Gasteiger partial charge in [0.1, 0.15) is 0 Å². The number of carbonyl (C=O) groups is 1. The van der Waals surface area contributed by atoms with Crippen LogP contribution in [0.2, 0.25) is 0 Å². The van der Waals surface area contributed by atoms with Crippen molar-refractivity contribution in [1.29, 1.82) is 0 Å². The Hall–Kier alpha value is -0.830. The zero-order valence-corrected chi connectivity index (χ0v) is 8.59. The Morgan fingerprint density at radius 1 is 1.50 bits per heavy atom. The minimum Gasteiger partial charge on any atom is -0.394 e. The van der Waals surface area contributed by atoms with Gasteiger partial charge in [-0.3, -0.25) is 4.79 Å². The normalized spacial score (nSPS) is 19.2. The molecular formula is C11H19NO2. The molecule has 0 aromatic heterocycles. The van der Waals surface area contributed by atoms with Gasteiger partial charge in [0.2, 0.25) is 5.91 Å². The Balaban J connectivity index is 2.39. The zero-order chi connectivity index (χ0) is 10.4. The third kappa shape index (κ3) is 2.84. The molecule has 0 atom stereocenters. The van der Waals surface area contributed by atoms with Crippen LogP contribution in [0.5, 0.6) is 0 Å². The summed E-state index contributed by atoms with van der Waals surface area (Å²) in [6, 6.07) is 0. The van der Waals surface area contributed by atoms with Crippen LogP contribution < -0.4 is 5.32 Å². The molecule has 0 radical (unpaired) electrons. The molecule has 1 fully saturated rings. The van der Waals surface area contributed by atoms with E-state index in [4.69, 9.17) is 0 Å². The predicted octanol–water partition coefficient (Wildman–Crippen LogP) is 1.37. The molecule has 0 saturated heterocycles. The van der Waals surface area contributed by atoms with Crippen LogP contribution in [-0.4, -0.2) is 23.2 Å². The van der Waals surface area contributed by atoms with Crippen molar-refractivity contribution in [1.82, 2.24) is 5.32 Å². The number of aliphatic hydroxyl groups is 1. The SMILES string of the molecule is C=CCCC(=O)NC1(CO)CCCC1. The lowest BCUT2D eigenvalue weighted by atomic mass is 9.98. The van der Waals surface area contributed by atoms with Gasteiger partial charge in [-0.05, 0) is 19.3 Å². The van der Waals surface area contributed by atoms with Gasteiger partial charge in [-0.15, -0.1) is 6.58 Å². The van der Waals surface area contributed by atoms with Crippen LogP contribution >= 0.6 is 0 Å². The number of amides is 1. The highest BCUT2D eigenvalue weighted by Gasteiger charge is 2.34. The van der Waals surface area contributed by atoms with Crippen molar-refractivity contribution >= 4 is 5.91 Å². The molecule has 1 aliphatic rings. The standard InChI is InChI=1S/C11H19NO2/c1-2-3-6-10(14)12-11(9-13)7-4-5-8-11/h2,13H,1,3-9H2,(H,12,14). The summed E-state index contributed by atoms with van der Waals surface area (Å²) in [5.74, 6) is 0.0286. The molecule has 14 heavy (non-hydrogen) atoms. The Morgan fingerprint density at radius 3 is 2.64 bits per heavy atom. The monoisotopic (exact) mass is 197 g/mol. The van der Waals surface area contributed by atoms with Crippen molar-refractivity contribution in [3.8, 4) is 0 Å². The highest BCUT2D eigenvalue weighted by atomic mass is 16.3. The Morgan fingerprint density at radius 2 is 2.14 bits per heavy atom. The van der Waals surface area contributed by atoms with Crippen molar-refractivity contribution in [3.05, 3.63) is 12.7 Å². The van der Waals surface area contributed by atoms with Crippen molar-refractivity contribution in [2.24, 2.45) is 0 Å². The van der Waals surface area contributed by atoms with Gasteiger partial charge in [-0.25, -0.2) is 0 Å². The first-order chi connectivity index (χ1) is 6.72. The molecule has 1 amide bonds. The minimum atomic E-state index is -0.321. The number of hydrogen-bond donors (Lipinski definition) is 2. The predicted molar refractivity (Wildman–Crippen MR) is 55.9 cm³/mol. The average molecular weight is 197 g/mol.